The highest BCUT2D eigenvalue weighted by Gasteiger charge is 2.26. The van der Waals surface area contributed by atoms with Gasteiger partial charge in [-0.3, -0.25) is 4.21 Å². The van der Waals surface area contributed by atoms with Crippen molar-refractivity contribution in [2.45, 2.75) is 19.4 Å². The second kappa shape index (κ2) is 9.05. The van der Waals surface area contributed by atoms with Gasteiger partial charge in [0.15, 0.2) is 0 Å². The molecule has 9 heteroatoms. The van der Waals surface area contributed by atoms with Crippen LogP contribution in [0, 0.1) is 5.92 Å². The van der Waals surface area contributed by atoms with E-state index in [0.717, 1.165) is 52.2 Å². The van der Waals surface area contributed by atoms with Gasteiger partial charge in [0.1, 0.15) is 29.3 Å². The molecule has 1 unspecified atom stereocenters. The Kier molecular flexibility index (Phi) is 5.80. The first-order valence-corrected chi connectivity index (χ1v) is 11.6. The molecule has 1 aliphatic rings. The van der Waals surface area contributed by atoms with E-state index in [1.165, 1.54) is 12.5 Å². The number of rotatable bonds is 6. The average Bonchev–Trinajstić information content (AvgIpc) is 3.15. The number of allylic oxidation sites excluding steroid dienone is 1. The first kappa shape index (κ1) is 21.2. The Hall–Kier alpha value is -3.69. The number of nitrogens with two attached hydrogens (primary N) is 1. The normalized spacial score (nSPS) is 16.6. The van der Waals surface area contributed by atoms with Crippen LogP contribution < -0.4 is 15.2 Å². The summed E-state index contributed by atoms with van der Waals surface area (Å²) in [5.74, 6) is 2.15. The Labute approximate surface area is 193 Å². The van der Waals surface area contributed by atoms with Crippen LogP contribution in [0.25, 0.3) is 22.2 Å². The Bertz CT molecular complexity index is 1340. The molecule has 5 rings (SSSR count). The highest BCUT2D eigenvalue weighted by atomic mass is 32.2. The van der Waals surface area contributed by atoms with Crippen molar-refractivity contribution in [2.24, 2.45) is 5.92 Å². The predicted molar refractivity (Wildman–Crippen MR) is 127 cm³/mol. The fraction of sp³-hybridized carbons (Fsp3) is 0.167. The zero-order chi connectivity index (χ0) is 22.8. The van der Waals surface area contributed by atoms with Crippen molar-refractivity contribution in [1.82, 2.24) is 19.3 Å². The molecule has 0 spiro atoms. The van der Waals surface area contributed by atoms with Crippen LogP contribution in [0.2, 0.25) is 0 Å². The third-order valence-corrected chi connectivity index (χ3v) is 6.13. The van der Waals surface area contributed by atoms with Crippen molar-refractivity contribution in [1.29, 1.82) is 0 Å². The third kappa shape index (κ3) is 4.33. The van der Waals surface area contributed by atoms with Gasteiger partial charge in [0, 0.05) is 35.3 Å². The van der Waals surface area contributed by atoms with Gasteiger partial charge in [0.05, 0.1) is 5.39 Å². The van der Waals surface area contributed by atoms with Crippen molar-refractivity contribution in [3.63, 3.8) is 0 Å². The summed E-state index contributed by atoms with van der Waals surface area (Å²) in [4.78, 5) is 8.76. The van der Waals surface area contributed by atoms with Crippen molar-refractivity contribution < 1.29 is 13.5 Å². The molecule has 0 fully saturated rings. The number of nitrogens with one attached hydrogen (secondary N) is 1. The lowest BCUT2D eigenvalue weighted by Crippen LogP contribution is -2.20. The highest BCUT2D eigenvalue weighted by Crippen LogP contribution is 2.40. The van der Waals surface area contributed by atoms with Crippen LogP contribution in [0.15, 0.2) is 73.2 Å². The summed E-state index contributed by atoms with van der Waals surface area (Å²) in [5.41, 5.74) is 10.3. The molecule has 8 nitrogen and oxygen atoms in total. The number of fused-ring (bicyclic) bond motifs is 3. The minimum atomic E-state index is -2.32. The molecule has 2 aromatic carbocycles. The van der Waals surface area contributed by atoms with Crippen LogP contribution in [-0.2, 0) is 24.2 Å². The number of benzene rings is 2. The third-order valence-electron chi connectivity index (χ3n) is 5.80. The minimum Gasteiger partial charge on any atom is -0.755 e. The molecule has 168 valence electrons. The Morgan fingerprint density at radius 1 is 1.12 bits per heavy atom. The van der Waals surface area contributed by atoms with E-state index in [0.29, 0.717) is 12.4 Å². The monoisotopic (exact) mass is 460 g/mol. The van der Waals surface area contributed by atoms with E-state index in [1.54, 1.807) is 0 Å². The number of ether oxygens (including phenoxy) is 1. The summed E-state index contributed by atoms with van der Waals surface area (Å²) < 4.78 is 31.8. The van der Waals surface area contributed by atoms with Gasteiger partial charge in [-0.1, -0.05) is 36.4 Å². The molecule has 0 saturated heterocycles. The lowest BCUT2D eigenvalue weighted by Gasteiger charge is -2.23. The standard InChI is InChI=1S/C24H23N5O3S/c25-23-22-21(17-7-9-19(10-8-17)32-18-4-2-1-3-5-18)20-11-6-16(12-13-28-33(30)31)14-29(20)24(22)27-15-26-23/h1-5,7-10,12-13,15-16,28H,6,11,14H2,(H,30,31)(H2,25,26,27)/p-1/t16-/m1/s1. The van der Waals surface area contributed by atoms with Crippen LogP contribution in [0.1, 0.15) is 12.1 Å². The maximum absolute atomic E-state index is 10.7. The van der Waals surface area contributed by atoms with Gasteiger partial charge in [-0.15, -0.1) is 0 Å². The number of aromatic nitrogens is 3. The number of para-hydroxylation sites is 1. The largest absolute Gasteiger partial charge is 0.755 e. The molecule has 3 N–H and O–H groups in total. The Morgan fingerprint density at radius 3 is 2.64 bits per heavy atom. The molecule has 0 radical (unpaired) electrons. The molecular weight excluding hydrogens is 438 g/mol. The van der Waals surface area contributed by atoms with Gasteiger partial charge in [0.2, 0.25) is 0 Å². The SMILES string of the molecule is Nc1ncnc2c1c(-c1ccc(Oc3ccccc3)cc1)c1n2C[C@@H](C=CNS(=O)[O-])CC1. The second-order valence-electron chi connectivity index (χ2n) is 7.84. The number of hydrogen-bond acceptors (Lipinski definition) is 6. The zero-order valence-electron chi connectivity index (χ0n) is 17.7. The number of hydrogen-bond donors (Lipinski definition) is 2. The van der Waals surface area contributed by atoms with Crippen molar-refractivity contribution in [3.05, 3.63) is 78.9 Å². The van der Waals surface area contributed by atoms with Gasteiger partial charge in [-0.05, 0) is 48.6 Å². The van der Waals surface area contributed by atoms with E-state index in [-0.39, 0.29) is 5.92 Å². The number of nitrogens with zero attached hydrogens (tertiary/aromatic N) is 3. The Morgan fingerprint density at radius 2 is 1.88 bits per heavy atom. The Balaban J connectivity index is 1.50. The summed E-state index contributed by atoms with van der Waals surface area (Å²) in [5, 5.41) is 0.840. The molecule has 33 heavy (non-hydrogen) atoms. The molecule has 1 aliphatic heterocycles. The molecule has 0 aliphatic carbocycles. The van der Waals surface area contributed by atoms with E-state index < -0.39 is 11.3 Å². The molecule has 2 atom stereocenters. The average molecular weight is 461 g/mol. The molecular formula is C24H22N5O3S-. The van der Waals surface area contributed by atoms with E-state index >= 15 is 0 Å². The van der Waals surface area contributed by atoms with Crippen molar-refractivity contribution >= 4 is 28.1 Å². The van der Waals surface area contributed by atoms with Crippen LogP contribution >= 0.6 is 0 Å². The van der Waals surface area contributed by atoms with Crippen LogP contribution in [0.4, 0.5) is 5.82 Å². The first-order valence-electron chi connectivity index (χ1n) is 10.6. The van der Waals surface area contributed by atoms with Gasteiger partial charge in [-0.25, -0.2) is 9.97 Å². The lowest BCUT2D eigenvalue weighted by atomic mass is 9.94. The fourth-order valence-corrected chi connectivity index (χ4v) is 4.55. The van der Waals surface area contributed by atoms with Gasteiger partial charge in [0.25, 0.3) is 0 Å². The first-order chi connectivity index (χ1) is 16.1. The van der Waals surface area contributed by atoms with Crippen LogP contribution in [0.3, 0.4) is 0 Å². The highest BCUT2D eigenvalue weighted by molar-refractivity contribution is 7.77. The molecule has 3 heterocycles. The number of anilines is 1. The smallest absolute Gasteiger partial charge is 0.146 e. The summed E-state index contributed by atoms with van der Waals surface area (Å²) in [6.07, 6.45) is 6.52. The molecule has 0 bridgehead atoms. The molecule has 0 amide bonds. The summed E-state index contributed by atoms with van der Waals surface area (Å²) in [6, 6.07) is 17.6. The van der Waals surface area contributed by atoms with Gasteiger partial charge >= 0.3 is 0 Å². The van der Waals surface area contributed by atoms with Gasteiger partial charge < -0.3 is 24.3 Å². The summed E-state index contributed by atoms with van der Waals surface area (Å²) in [7, 11) is 0. The zero-order valence-corrected chi connectivity index (χ0v) is 18.5. The van der Waals surface area contributed by atoms with E-state index in [1.807, 2.05) is 60.7 Å². The van der Waals surface area contributed by atoms with E-state index in [4.69, 9.17) is 10.5 Å². The van der Waals surface area contributed by atoms with Crippen LogP contribution in [0.5, 0.6) is 11.5 Å². The van der Waals surface area contributed by atoms with E-state index in [2.05, 4.69) is 19.3 Å². The summed E-state index contributed by atoms with van der Waals surface area (Å²) >= 11 is -2.32. The van der Waals surface area contributed by atoms with E-state index in [9.17, 15) is 8.76 Å². The summed E-state index contributed by atoms with van der Waals surface area (Å²) in [6.45, 7) is 0.682. The van der Waals surface area contributed by atoms with Crippen molar-refractivity contribution in [3.8, 4) is 22.6 Å². The van der Waals surface area contributed by atoms with Crippen molar-refractivity contribution in [2.75, 3.05) is 5.73 Å². The molecule has 2 aromatic heterocycles. The lowest BCUT2D eigenvalue weighted by molar-refractivity contribution is 0.444. The molecule has 0 saturated carbocycles. The maximum atomic E-state index is 10.7. The molecule has 4 aromatic rings. The number of nitrogen functional groups attached to an aromatic ring is 1. The van der Waals surface area contributed by atoms with Gasteiger partial charge in [-0.2, -0.15) is 0 Å². The predicted octanol–water partition coefficient (Wildman–Crippen LogP) is 3.93. The minimum absolute atomic E-state index is 0.176. The maximum Gasteiger partial charge on any atom is 0.146 e. The second-order valence-corrected chi connectivity index (χ2v) is 8.54. The van der Waals surface area contributed by atoms with Crippen LogP contribution in [-0.4, -0.2) is 23.3 Å². The topological polar surface area (TPSA) is 118 Å². The fourth-order valence-electron chi connectivity index (χ4n) is 4.36. The quantitative estimate of drug-likeness (QED) is 0.421.